The van der Waals surface area contributed by atoms with Gasteiger partial charge in [-0.05, 0) is 0 Å². The Bertz CT molecular complexity index is 30.0. The van der Waals surface area contributed by atoms with E-state index in [0.29, 0.717) is 0 Å². The molecule has 0 aromatic heterocycles. The van der Waals surface area contributed by atoms with Crippen molar-refractivity contribution in [3.8, 4) is 0 Å². The molecule has 0 aromatic rings. The molecule has 0 saturated carbocycles. The van der Waals surface area contributed by atoms with Gasteiger partial charge in [0, 0.05) is 11.0 Å². The van der Waals surface area contributed by atoms with Gasteiger partial charge in [-0.15, -0.1) is 6.58 Å². The first kappa shape index (κ1) is 9.61. The van der Waals surface area contributed by atoms with Gasteiger partial charge in [-0.1, -0.05) is 5.70 Å². The molecule has 0 unspecified atom stereocenters. The maximum atomic E-state index is 4.85. The molecule has 0 saturated heterocycles. The third kappa shape index (κ3) is 8.84. The topological polar surface area (TPSA) is 9.23 Å². The highest BCUT2D eigenvalue weighted by molar-refractivity contribution is 6.39. The minimum Gasteiger partial charge on any atom is -0.465 e. The number of rotatable bonds is 2. The summed E-state index contributed by atoms with van der Waals surface area (Å²) in [6.07, 6.45) is 0. The van der Waals surface area contributed by atoms with Crippen LogP contribution < -0.4 is 0 Å². The van der Waals surface area contributed by atoms with Crippen LogP contribution in [0, 0.1) is 0 Å². The van der Waals surface area contributed by atoms with Crippen molar-refractivity contribution in [2.24, 2.45) is 0 Å². The molecular weight excluding hydrogens is 124 g/mol. The van der Waals surface area contributed by atoms with Gasteiger partial charge in [0.15, 0.2) is 9.76 Å². The van der Waals surface area contributed by atoms with Gasteiger partial charge >= 0.3 is 0 Å². The molecule has 0 fully saturated rings. The summed E-state index contributed by atoms with van der Waals surface area (Å²) in [7, 11) is 0.647. The largest absolute Gasteiger partial charge is 0.465 e. The fraction of sp³-hybridized carbons (Fsp3) is 0. The quantitative estimate of drug-likeness (QED) is 0.400. The lowest BCUT2D eigenvalue weighted by molar-refractivity contribution is 0.676. The number of hydrogen-bond donors (Lipinski definition) is 0. The molecule has 6 heavy (non-hydrogen) atoms. The highest BCUT2D eigenvalue weighted by Crippen LogP contribution is 1.53. The van der Waals surface area contributed by atoms with Crippen molar-refractivity contribution in [2.75, 3.05) is 0 Å². The van der Waals surface area contributed by atoms with Crippen LogP contribution in [0.25, 0.3) is 0 Å². The predicted molar refractivity (Wildman–Crippen MR) is 35.5 cm³/mol. The summed E-state index contributed by atoms with van der Waals surface area (Å²) in [5, 5.41) is 0. The van der Waals surface area contributed by atoms with Gasteiger partial charge in [0.2, 0.25) is 0 Å². The Kier molecular flexibility index (Phi) is 14.4. The molecule has 0 N–H and O–H groups in total. The van der Waals surface area contributed by atoms with Crippen molar-refractivity contribution < 1.29 is 4.12 Å². The van der Waals surface area contributed by atoms with E-state index in [9.17, 15) is 0 Å². The van der Waals surface area contributed by atoms with Crippen molar-refractivity contribution in [3.63, 3.8) is 0 Å². The van der Waals surface area contributed by atoms with Crippen LogP contribution in [0.15, 0.2) is 12.3 Å². The summed E-state index contributed by atoms with van der Waals surface area (Å²) in [6.45, 7) is 3.51. The Morgan fingerprint density at radius 1 is 1.83 bits per heavy atom. The first-order chi connectivity index (χ1) is 2.41. The maximum Gasteiger partial charge on any atom is 0.170 e. The van der Waals surface area contributed by atoms with Crippen LogP contribution in [0.3, 0.4) is 0 Å². The molecule has 0 aromatic carbocycles. The molecule has 0 spiro atoms. The zero-order chi connectivity index (χ0) is 4.12. The minimum atomic E-state index is -0.242. The average Bonchev–Trinajstić information content (AvgIpc) is 1.41. The van der Waals surface area contributed by atoms with Crippen LogP contribution >= 0.6 is 0 Å². The Balaban J connectivity index is 0. The van der Waals surface area contributed by atoms with Crippen LogP contribution in [0.4, 0.5) is 0 Å². The highest BCUT2D eigenvalue weighted by atomic mass is 28.3. The summed E-state index contributed by atoms with van der Waals surface area (Å²) in [6, 6.07) is 0. The SMILES string of the molecule is C=C[SiH2]O[SiH3].[Si]. The molecule has 4 heteroatoms. The van der Waals surface area contributed by atoms with Gasteiger partial charge in [0.1, 0.15) is 10.5 Å². The van der Waals surface area contributed by atoms with Crippen molar-refractivity contribution in [2.45, 2.75) is 0 Å². The minimum absolute atomic E-state index is 0. The Labute approximate surface area is 48.3 Å². The molecule has 1 nitrogen and oxygen atoms in total. The molecule has 0 aliphatic carbocycles. The third-order valence-corrected chi connectivity index (χ3v) is 1.85. The first-order valence-electron chi connectivity index (χ1n) is 1.51. The molecular formula is C2H8OSi3. The van der Waals surface area contributed by atoms with Crippen molar-refractivity contribution >= 4 is 31.2 Å². The second kappa shape index (κ2) is 9.02. The second-order valence-corrected chi connectivity index (χ2v) is 3.96. The van der Waals surface area contributed by atoms with Gasteiger partial charge in [-0.3, -0.25) is 0 Å². The Hall–Kier alpha value is 0.351. The van der Waals surface area contributed by atoms with Gasteiger partial charge in [-0.25, -0.2) is 0 Å². The molecule has 0 bridgehead atoms. The van der Waals surface area contributed by atoms with Gasteiger partial charge < -0.3 is 4.12 Å². The zero-order valence-electron chi connectivity index (χ0n) is 3.90. The fourth-order valence-electron chi connectivity index (χ4n) is 0.118. The lowest BCUT2D eigenvalue weighted by Crippen LogP contribution is -1.85. The molecule has 34 valence electrons. The van der Waals surface area contributed by atoms with Gasteiger partial charge in [0.25, 0.3) is 0 Å². The zero-order valence-corrected chi connectivity index (χ0v) is 8.31. The normalized spacial score (nSPS) is 8.67. The molecule has 0 heterocycles. The van der Waals surface area contributed by atoms with Crippen LogP contribution in [0.1, 0.15) is 0 Å². The monoisotopic (exact) mass is 132 g/mol. The summed E-state index contributed by atoms with van der Waals surface area (Å²) in [5.74, 6) is 0. The van der Waals surface area contributed by atoms with E-state index in [-0.39, 0.29) is 20.7 Å². The van der Waals surface area contributed by atoms with Crippen LogP contribution in [-0.4, -0.2) is 31.2 Å². The van der Waals surface area contributed by atoms with E-state index in [1.165, 1.54) is 0 Å². The summed E-state index contributed by atoms with van der Waals surface area (Å²) in [5.41, 5.74) is 1.88. The summed E-state index contributed by atoms with van der Waals surface area (Å²) < 4.78 is 4.85. The van der Waals surface area contributed by atoms with Crippen molar-refractivity contribution in [1.29, 1.82) is 0 Å². The maximum absolute atomic E-state index is 4.85. The van der Waals surface area contributed by atoms with Gasteiger partial charge in [0.05, 0.1) is 0 Å². The Morgan fingerprint density at radius 2 is 2.33 bits per heavy atom. The molecule has 0 atom stereocenters. The molecule has 0 amide bonds. The lowest BCUT2D eigenvalue weighted by atomic mass is 11.3. The molecule has 0 aliphatic heterocycles. The van der Waals surface area contributed by atoms with E-state index >= 15 is 0 Å². The van der Waals surface area contributed by atoms with Crippen molar-refractivity contribution in [1.82, 2.24) is 0 Å². The standard InChI is InChI=1S/C2H8OSi2.Si/c1-2-5-3-4;/h2H,1,5H2,4H3;. The fourth-order valence-corrected chi connectivity index (χ4v) is 1.06. The average molecular weight is 132 g/mol. The van der Waals surface area contributed by atoms with E-state index in [4.69, 9.17) is 4.12 Å². The Morgan fingerprint density at radius 3 is 2.33 bits per heavy atom. The molecule has 4 radical (unpaired) electrons. The van der Waals surface area contributed by atoms with Crippen molar-refractivity contribution in [3.05, 3.63) is 12.3 Å². The van der Waals surface area contributed by atoms with E-state index in [1.807, 2.05) is 5.70 Å². The second-order valence-electron chi connectivity index (χ2n) is 0.744. The molecule has 0 aliphatic rings. The summed E-state index contributed by atoms with van der Waals surface area (Å²) in [4.78, 5) is 0. The van der Waals surface area contributed by atoms with Crippen LogP contribution in [-0.2, 0) is 4.12 Å². The van der Waals surface area contributed by atoms with E-state index < -0.39 is 0 Å². The van der Waals surface area contributed by atoms with Crippen LogP contribution in [0.5, 0.6) is 0 Å². The van der Waals surface area contributed by atoms with Crippen LogP contribution in [0.2, 0.25) is 0 Å². The van der Waals surface area contributed by atoms with E-state index in [1.54, 1.807) is 0 Å². The lowest BCUT2D eigenvalue weighted by Gasteiger charge is -1.79. The van der Waals surface area contributed by atoms with E-state index in [0.717, 1.165) is 10.5 Å². The first-order valence-corrected chi connectivity index (χ1v) is 3.72. The highest BCUT2D eigenvalue weighted by Gasteiger charge is 1.61. The van der Waals surface area contributed by atoms with Gasteiger partial charge in [-0.2, -0.15) is 0 Å². The predicted octanol–water partition coefficient (Wildman–Crippen LogP) is -1.87. The smallest absolute Gasteiger partial charge is 0.170 e. The summed E-state index contributed by atoms with van der Waals surface area (Å²) >= 11 is 0. The molecule has 0 rings (SSSR count). The van der Waals surface area contributed by atoms with E-state index in [2.05, 4.69) is 6.58 Å². The third-order valence-electron chi connectivity index (χ3n) is 0.285. The number of hydrogen-bond acceptors (Lipinski definition) is 1.